The minimum Gasteiger partial charge on any atom is -0.377 e. The van der Waals surface area contributed by atoms with Gasteiger partial charge < -0.3 is 4.74 Å². The van der Waals surface area contributed by atoms with Crippen LogP contribution in [-0.2, 0) is 4.74 Å². The molecule has 0 radical (unpaired) electrons. The van der Waals surface area contributed by atoms with Crippen LogP contribution in [0.15, 0.2) is 36.4 Å². The highest BCUT2D eigenvalue weighted by atomic mass is 16.5. The average molecular weight is 345 g/mol. The molecule has 0 fully saturated rings. The van der Waals surface area contributed by atoms with E-state index in [-0.39, 0.29) is 0 Å². The molecule has 1 aromatic carbocycles. The van der Waals surface area contributed by atoms with Crippen molar-refractivity contribution < 1.29 is 4.74 Å². The highest BCUT2D eigenvalue weighted by Crippen LogP contribution is 2.12. The summed E-state index contributed by atoms with van der Waals surface area (Å²) in [7, 11) is 0. The van der Waals surface area contributed by atoms with Crippen LogP contribution < -0.4 is 0 Å². The lowest BCUT2D eigenvalue weighted by Gasteiger charge is -2.03. The molecule has 1 aromatic rings. The largest absolute Gasteiger partial charge is 0.377 e. The molecule has 0 spiro atoms. The van der Waals surface area contributed by atoms with Gasteiger partial charge in [0.05, 0.1) is 6.61 Å². The van der Waals surface area contributed by atoms with Gasteiger partial charge in [-0.1, -0.05) is 126 Å². The Morgan fingerprint density at radius 1 is 0.680 bits per heavy atom. The maximum Gasteiger partial charge on any atom is 0.0650 e. The molecule has 0 saturated carbocycles. The van der Waals surface area contributed by atoms with Gasteiger partial charge in [-0.2, -0.15) is 0 Å². The second kappa shape index (κ2) is 17.7. The third kappa shape index (κ3) is 14.9. The number of hydrogen-bond donors (Lipinski definition) is 0. The molecule has 0 bridgehead atoms. The van der Waals surface area contributed by atoms with Gasteiger partial charge in [0.25, 0.3) is 0 Å². The van der Waals surface area contributed by atoms with Crippen molar-refractivity contribution in [3.05, 3.63) is 42.0 Å². The molecule has 1 rings (SSSR count). The molecule has 0 N–H and O–H groups in total. The quantitative estimate of drug-likeness (QED) is 0.262. The molecular weight excluding hydrogens is 304 g/mol. The van der Waals surface area contributed by atoms with E-state index in [2.05, 4.69) is 43.3 Å². The molecule has 0 aliphatic rings. The van der Waals surface area contributed by atoms with E-state index in [1.165, 1.54) is 89.0 Å². The zero-order valence-electron chi connectivity index (χ0n) is 16.6. The summed E-state index contributed by atoms with van der Waals surface area (Å²) in [6.07, 6.45) is 22.4. The first kappa shape index (κ1) is 22.0. The molecule has 0 aromatic heterocycles. The molecule has 1 nitrogen and oxygen atoms in total. The molecule has 1 heteroatoms. The van der Waals surface area contributed by atoms with E-state index in [9.17, 15) is 0 Å². The Balaban J connectivity index is 1.74. The average Bonchev–Trinajstić information content (AvgIpc) is 2.65. The van der Waals surface area contributed by atoms with E-state index in [1.54, 1.807) is 0 Å². The summed E-state index contributed by atoms with van der Waals surface area (Å²) in [5, 5.41) is 0. The third-order valence-corrected chi connectivity index (χ3v) is 4.72. The molecule has 0 saturated heterocycles. The van der Waals surface area contributed by atoms with E-state index in [0.717, 1.165) is 13.2 Å². The fourth-order valence-electron chi connectivity index (χ4n) is 3.12. The monoisotopic (exact) mass is 344 g/mol. The van der Waals surface area contributed by atoms with E-state index < -0.39 is 0 Å². The third-order valence-electron chi connectivity index (χ3n) is 4.72. The van der Waals surface area contributed by atoms with Gasteiger partial charge in [-0.25, -0.2) is 0 Å². The van der Waals surface area contributed by atoms with Crippen LogP contribution in [0.3, 0.4) is 0 Å². The van der Waals surface area contributed by atoms with Crippen molar-refractivity contribution in [1.29, 1.82) is 0 Å². The molecule has 0 aliphatic carbocycles. The smallest absolute Gasteiger partial charge is 0.0650 e. The summed E-state index contributed by atoms with van der Waals surface area (Å²) in [4.78, 5) is 0. The Labute approximate surface area is 156 Å². The van der Waals surface area contributed by atoms with Crippen molar-refractivity contribution >= 4 is 6.08 Å². The Kier molecular flexibility index (Phi) is 15.6. The van der Waals surface area contributed by atoms with Crippen LogP contribution in [0.5, 0.6) is 0 Å². The second-order valence-corrected chi connectivity index (χ2v) is 7.13. The number of hydrogen-bond acceptors (Lipinski definition) is 1. The number of benzene rings is 1. The number of ether oxygens (including phenoxy) is 1. The van der Waals surface area contributed by atoms with Crippen LogP contribution in [0, 0.1) is 0 Å². The lowest BCUT2D eigenvalue weighted by atomic mass is 10.0. The Hall–Kier alpha value is -1.08. The standard InChI is InChI=1S/C24H40O/c1-2-3-4-5-6-7-8-9-10-11-12-13-17-22-25-23-18-21-24-19-15-14-16-20-24/h14-16,18-21H,2-13,17,22-23H2,1H3. The maximum atomic E-state index is 5.67. The first-order valence-corrected chi connectivity index (χ1v) is 10.7. The van der Waals surface area contributed by atoms with E-state index in [0.29, 0.717) is 0 Å². The summed E-state index contributed by atoms with van der Waals surface area (Å²) in [6.45, 7) is 3.92. The summed E-state index contributed by atoms with van der Waals surface area (Å²) < 4.78 is 5.67. The van der Waals surface area contributed by atoms with Crippen LogP contribution in [0.1, 0.15) is 96.0 Å². The van der Waals surface area contributed by atoms with E-state index >= 15 is 0 Å². The predicted molar refractivity (Wildman–Crippen MR) is 112 cm³/mol. The minimum atomic E-state index is 0.729. The second-order valence-electron chi connectivity index (χ2n) is 7.13. The van der Waals surface area contributed by atoms with Crippen LogP contribution in [0.4, 0.5) is 0 Å². The van der Waals surface area contributed by atoms with Crippen molar-refractivity contribution in [2.24, 2.45) is 0 Å². The summed E-state index contributed by atoms with van der Waals surface area (Å²) >= 11 is 0. The lowest BCUT2D eigenvalue weighted by Crippen LogP contribution is -1.94. The van der Waals surface area contributed by atoms with Gasteiger partial charge in [-0.15, -0.1) is 0 Å². The molecule has 0 atom stereocenters. The first-order chi connectivity index (χ1) is 12.4. The van der Waals surface area contributed by atoms with Gasteiger partial charge >= 0.3 is 0 Å². The molecular formula is C24H40O. The molecule has 25 heavy (non-hydrogen) atoms. The van der Waals surface area contributed by atoms with Crippen molar-refractivity contribution in [2.45, 2.75) is 90.4 Å². The van der Waals surface area contributed by atoms with Crippen molar-refractivity contribution in [2.75, 3.05) is 13.2 Å². The highest BCUT2D eigenvalue weighted by molar-refractivity contribution is 5.48. The predicted octanol–water partition coefficient (Wildman–Crippen LogP) is 7.81. The fourth-order valence-corrected chi connectivity index (χ4v) is 3.12. The van der Waals surface area contributed by atoms with E-state index in [1.807, 2.05) is 6.07 Å². The van der Waals surface area contributed by atoms with Crippen LogP contribution in [0.2, 0.25) is 0 Å². The normalized spacial score (nSPS) is 11.4. The molecule has 0 amide bonds. The zero-order chi connectivity index (χ0) is 17.8. The zero-order valence-corrected chi connectivity index (χ0v) is 16.6. The summed E-state index contributed by atoms with van der Waals surface area (Å²) in [6, 6.07) is 10.4. The Bertz CT molecular complexity index is 396. The number of rotatable bonds is 17. The molecule has 142 valence electrons. The van der Waals surface area contributed by atoms with Gasteiger partial charge in [-0.3, -0.25) is 0 Å². The van der Waals surface area contributed by atoms with Crippen molar-refractivity contribution in [3.8, 4) is 0 Å². The van der Waals surface area contributed by atoms with Gasteiger partial charge in [-0.05, 0) is 12.0 Å². The summed E-state index contributed by atoms with van der Waals surface area (Å²) in [5.41, 5.74) is 1.24. The van der Waals surface area contributed by atoms with Gasteiger partial charge in [0, 0.05) is 6.61 Å². The molecule has 0 heterocycles. The van der Waals surface area contributed by atoms with Gasteiger partial charge in [0.15, 0.2) is 0 Å². The number of unbranched alkanes of at least 4 members (excludes halogenated alkanes) is 12. The van der Waals surface area contributed by atoms with Crippen LogP contribution in [0.25, 0.3) is 6.08 Å². The Morgan fingerprint density at radius 2 is 1.20 bits per heavy atom. The molecule has 0 aliphatic heterocycles. The van der Waals surface area contributed by atoms with Gasteiger partial charge in [0.2, 0.25) is 0 Å². The minimum absolute atomic E-state index is 0.729. The first-order valence-electron chi connectivity index (χ1n) is 10.7. The van der Waals surface area contributed by atoms with Crippen molar-refractivity contribution in [3.63, 3.8) is 0 Å². The van der Waals surface area contributed by atoms with Crippen molar-refractivity contribution in [1.82, 2.24) is 0 Å². The topological polar surface area (TPSA) is 9.23 Å². The summed E-state index contributed by atoms with van der Waals surface area (Å²) in [5.74, 6) is 0. The maximum absolute atomic E-state index is 5.67. The van der Waals surface area contributed by atoms with Crippen LogP contribution >= 0.6 is 0 Å². The fraction of sp³-hybridized carbons (Fsp3) is 0.667. The lowest BCUT2D eigenvalue weighted by molar-refractivity contribution is 0.157. The van der Waals surface area contributed by atoms with E-state index in [4.69, 9.17) is 4.74 Å². The van der Waals surface area contributed by atoms with Crippen LogP contribution in [-0.4, -0.2) is 13.2 Å². The highest BCUT2D eigenvalue weighted by Gasteiger charge is 1.94. The SMILES string of the molecule is CCCCCCCCCCCCCCCOCC=Cc1ccccc1. The molecule has 0 unspecified atom stereocenters. The van der Waals surface area contributed by atoms with Gasteiger partial charge in [0.1, 0.15) is 0 Å². The Morgan fingerprint density at radius 3 is 1.76 bits per heavy atom.